The van der Waals surface area contributed by atoms with Crippen LogP contribution in [0.4, 0.5) is 5.69 Å². The first-order valence-electron chi connectivity index (χ1n) is 11.0. The number of anilines is 1. The van der Waals surface area contributed by atoms with Crippen LogP contribution in [0.1, 0.15) is 26.3 Å². The van der Waals surface area contributed by atoms with Crippen molar-refractivity contribution in [2.45, 2.75) is 31.1 Å². The third-order valence-electron chi connectivity index (χ3n) is 5.22. The number of ether oxygens (including phenoxy) is 1. The molecule has 1 amide bonds. The summed E-state index contributed by atoms with van der Waals surface area (Å²) < 4.78 is 33.4. The molecule has 0 unspecified atom stereocenters. The summed E-state index contributed by atoms with van der Waals surface area (Å²) in [6, 6.07) is 20.1. The molecule has 0 bridgehead atoms. The van der Waals surface area contributed by atoms with Crippen molar-refractivity contribution in [2.75, 3.05) is 24.0 Å². The summed E-state index contributed by atoms with van der Waals surface area (Å²) in [7, 11) is -4.03. The molecule has 9 heteroatoms. The average Bonchev–Trinajstić information content (AvgIpc) is 2.82. The molecule has 0 spiro atoms. The summed E-state index contributed by atoms with van der Waals surface area (Å²) in [6.45, 7) is 6.42. The summed E-state index contributed by atoms with van der Waals surface area (Å²) in [5, 5.41) is 3.18. The zero-order chi connectivity index (χ0) is 25.6. The minimum Gasteiger partial charge on any atom is -0.492 e. The van der Waals surface area contributed by atoms with Gasteiger partial charge >= 0.3 is 0 Å². The van der Waals surface area contributed by atoms with Crippen molar-refractivity contribution in [1.29, 1.82) is 0 Å². The smallest absolute Gasteiger partial charge is 0.264 e. The van der Waals surface area contributed by atoms with Crippen molar-refractivity contribution in [3.8, 4) is 5.75 Å². The SMILES string of the molecule is CC(C)(C)c1ccc(OCCNC(=O)CN(c2ccc(Cl)c(Cl)c2)S(=O)(=O)c2ccccc2)cc1. The number of halogens is 2. The Morgan fingerprint density at radius 3 is 2.20 bits per heavy atom. The second-order valence-electron chi connectivity index (χ2n) is 8.90. The zero-order valence-electron chi connectivity index (χ0n) is 19.8. The van der Waals surface area contributed by atoms with Crippen LogP contribution < -0.4 is 14.4 Å². The molecule has 3 rings (SSSR count). The minimum atomic E-state index is -4.03. The van der Waals surface area contributed by atoms with Gasteiger partial charge in [-0.3, -0.25) is 9.10 Å². The van der Waals surface area contributed by atoms with Gasteiger partial charge in [0.15, 0.2) is 0 Å². The number of carbonyl (C=O) groups excluding carboxylic acids is 1. The Labute approximate surface area is 216 Å². The maximum absolute atomic E-state index is 13.3. The predicted octanol–water partition coefficient (Wildman–Crippen LogP) is 5.68. The summed E-state index contributed by atoms with van der Waals surface area (Å²) in [6.07, 6.45) is 0. The van der Waals surface area contributed by atoms with Gasteiger partial charge in [0, 0.05) is 0 Å². The Hall–Kier alpha value is -2.74. The van der Waals surface area contributed by atoms with E-state index in [0.29, 0.717) is 5.75 Å². The van der Waals surface area contributed by atoms with E-state index in [1.807, 2.05) is 24.3 Å². The first-order chi connectivity index (χ1) is 16.5. The number of nitrogens with zero attached hydrogens (tertiary/aromatic N) is 1. The number of amides is 1. The summed E-state index contributed by atoms with van der Waals surface area (Å²) >= 11 is 12.1. The lowest BCUT2D eigenvalue weighted by Crippen LogP contribution is -2.41. The molecule has 0 atom stereocenters. The average molecular weight is 535 g/mol. The van der Waals surface area contributed by atoms with E-state index in [1.165, 1.54) is 35.9 Å². The van der Waals surface area contributed by atoms with Gasteiger partial charge in [-0.2, -0.15) is 0 Å². The maximum atomic E-state index is 13.3. The van der Waals surface area contributed by atoms with Crippen LogP contribution in [0.2, 0.25) is 10.0 Å². The molecule has 1 N–H and O–H groups in total. The van der Waals surface area contributed by atoms with Crippen LogP contribution in [0.5, 0.6) is 5.75 Å². The van der Waals surface area contributed by atoms with E-state index in [2.05, 4.69) is 26.1 Å². The lowest BCUT2D eigenvalue weighted by Gasteiger charge is -2.24. The Morgan fingerprint density at radius 2 is 1.60 bits per heavy atom. The van der Waals surface area contributed by atoms with Crippen LogP contribution in [0, 0.1) is 0 Å². The van der Waals surface area contributed by atoms with E-state index >= 15 is 0 Å². The van der Waals surface area contributed by atoms with Gasteiger partial charge in [0.25, 0.3) is 10.0 Å². The van der Waals surface area contributed by atoms with Gasteiger partial charge in [-0.25, -0.2) is 8.42 Å². The topological polar surface area (TPSA) is 75.7 Å². The molecule has 0 radical (unpaired) electrons. The number of hydrogen-bond donors (Lipinski definition) is 1. The van der Waals surface area contributed by atoms with Crippen LogP contribution in [0.3, 0.4) is 0 Å². The summed E-state index contributed by atoms with van der Waals surface area (Å²) in [4.78, 5) is 12.7. The highest BCUT2D eigenvalue weighted by Gasteiger charge is 2.27. The van der Waals surface area contributed by atoms with E-state index < -0.39 is 22.5 Å². The molecule has 0 aliphatic rings. The zero-order valence-corrected chi connectivity index (χ0v) is 22.1. The van der Waals surface area contributed by atoms with Crippen molar-refractivity contribution in [3.63, 3.8) is 0 Å². The van der Waals surface area contributed by atoms with Crippen molar-refractivity contribution >= 4 is 44.8 Å². The van der Waals surface area contributed by atoms with Gasteiger partial charge in [-0.1, -0.05) is 74.3 Å². The van der Waals surface area contributed by atoms with Crippen LogP contribution in [-0.4, -0.2) is 34.0 Å². The molecule has 0 fully saturated rings. The normalized spacial score (nSPS) is 11.7. The highest BCUT2D eigenvalue weighted by Crippen LogP contribution is 2.30. The second kappa shape index (κ2) is 11.3. The summed E-state index contributed by atoms with van der Waals surface area (Å²) in [5.74, 6) is 0.207. The van der Waals surface area contributed by atoms with Crippen molar-refractivity contribution in [1.82, 2.24) is 5.32 Å². The molecule has 3 aromatic carbocycles. The molecule has 3 aromatic rings. The number of nitrogens with one attached hydrogen (secondary N) is 1. The van der Waals surface area contributed by atoms with Gasteiger partial charge in [-0.15, -0.1) is 0 Å². The van der Waals surface area contributed by atoms with E-state index in [-0.39, 0.29) is 39.2 Å². The van der Waals surface area contributed by atoms with Gasteiger partial charge < -0.3 is 10.1 Å². The van der Waals surface area contributed by atoms with Crippen LogP contribution in [-0.2, 0) is 20.2 Å². The van der Waals surface area contributed by atoms with Gasteiger partial charge in [0.1, 0.15) is 18.9 Å². The fourth-order valence-corrected chi connectivity index (χ4v) is 5.00. The molecular formula is C26H28Cl2N2O4S. The number of hydrogen-bond acceptors (Lipinski definition) is 4. The minimum absolute atomic E-state index is 0.0484. The molecule has 0 aliphatic heterocycles. The van der Waals surface area contributed by atoms with Crippen LogP contribution in [0.15, 0.2) is 77.7 Å². The number of rotatable bonds is 9. The third-order valence-corrected chi connectivity index (χ3v) is 7.75. The standard InChI is InChI=1S/C26H28Cl2N2O4S/c1-26(2,3)19-9-12-21(13-10-19)34-16-15-29-25(31)18-30(20-11-14-23(27)24(28)17-20)35(32,33)22-7-5-4-6-8-22/h4-14,17H,15-16,18H2,1-3H3,(H,29,31). The highest BCUT2D eigenvalue weighted by atomic mass is 35.5. The first-order valence-corrected chi connectivity index (χ1v) is 13.2. The molecule has 0 saturated carbocycles. The molecule has 186 valence electrons. The van der Waals surface area contributed by atoms with Gasteiger partial charge in [-0.05, 0) is 53.4 Å². The fraction of sp³-hybridized carbons (Fsp3) is 0.269. The maximum Gasteiger partial charge on any atom is 0.264 e. The highest BCUT2D eigenvalue weighted by molar-refractivity contribution is 7.92. The third kappa shape index (κ3) is 7.13. The Morgan fingerprint density at radius 1 is 0.943 bits per heavy atom. The van der Waals surface area contributed by atoms with Crippen molar-refractivity contribution in [2.24, 2.45) is 0 Å². The molecule has 0 saturated heterocycles. The Bertz CT molecular complexity index is 1260. The molecule has 6 nitrogen and oxygen atoms in total. The van der Waals surface area contributed by atoms with Crippen molar-refractivity contribution in [3.05, 3.63) is 88.4 Å². The molecular weight excluding hydrogens is 507 g/mol. The van der Waals surface area contributed by atoms with E-state index in [1.54, 1.807) is 18.2 Å². The van der Waals surface area contributed by atoms with E-state index in [4.69, 9.17) is 27.9 Å². The van der Waals surface area contributed by atoms with Gasteiger partial charge in [0.05, 0.1) is 27.2 Å². The van der Waals surface area contributed by atoms with E-state index in [9.17, 15) is 13.2 Å². The van der Waals surface area contributed by atoms with Crippen molar-refractivity contribution < 1.29 is 17.9 Å². The number of benzene rings is 3. The Balaban J connectivity index is 1.66. The quantitative estimate of drug-likeness (QED) is 0.358. The van der Waals surface area contributed by atoms with Gasteiger partial charge in [0.2, 0.25) is 5.91 Å². The predicted molar refractivity (Wildman–Crippen MR) is 141 cm³/mol. The molecule has 0 heterocycles. The number of sulfonamides is 1. The first kappa shape index (κ1) is 26.9. The molecule has 0 aliphatic carbocycles. The lowest BCUT2D eigenvalue weighted by molar-refractivity contribution is -0.119. The second-order valence-corrected chi connectivity index (χ2v) is 11.6. The van der Waals surface area contributed by atoms with Crippen LogP contribution in [0.25, 0.3) is 0 Å². The summed E-state index contributed by atoms with van der Waals surface area (Å²) in [5.41, 5.74) is 1.47. The fourth-order valence-electron chi connectivity index (χ4n) is 3.27. The van der Waals surface area contributed by atoms with E-state index in [0.717, 1.165) is 4.31 Å². The largest absolute Gasteiger partial charge is 0.492 e. The Kier molecular flexibility index (Phi) is 8.70. The molecule has 35 heavy (non-hydrogen) atoms. The molecule has 0 aromatic heterocycles. The van der Waals surface area contributed by atoms with Crippen LogP contribution >= 0.6 is 23.2 Å². The lowest BCUT2D eigenvalue weighted by atomic mass is 9.87. The number of carbonyl (C=O) groups is 1. The monoisotopic (exact) mass is 534 g/mol.